The molecule has 0 spiro atoms. The summed E-state index contributed by atoms with van der Waals surface area (Å²) in [7, 11) is -4.16. The zero-order valence-electron chi connectivity index (χ0n) is 8.97. The SMILES string of the molecule is CC(=O)NC(C)c1ccc(S(=O)(=O)O)cc1. The largest absolute Gasteiger partial charge is 0.350 e. The lowest BCUT2D eigenvalue weighted by atomic mass is 10.1. The van der Waals surface area contributed by atoms with Gasteiger partial charge >= 0.3 is 0 Å². The fourth-order valence-corrected chi connectivity index (χ4v) is 1.80. The first-order valence-electron chi connectivity index (χ1n) is 4.65. The molecule has 0 saturated heterocycles. The molecular formula is C10H13NO4S. The number of hydrogen-bond donors (Lipinski definition) is 2. The molecule has 0 aliphatic rings. The summed E-state index contributed by atoms with van der Waals surface area (Å²) in [6.07, 6.45) is 0. The molecule has 0 aromatic heterocycles. The monoisotopic (exact) mass is 243 g/mol. The summed E-state index contributed by atoms with van der Waals surface area (Å²) in [6, 6.07) is 5.48. The molecule has 1 aromatic carbocycles. The molecule has 6 heteroatoms. The first-order chi connectivity index (χ1) is 7.30. The van der Waals surface area contributed by atoms with Gasteiger partial charge in [0.2, 0.25) is 5.91 Å². The van der Waals surface area contributed by atoms with Crippen LogP contribution in [0.3, 0.4) is 0 Å². The lowest BCUT2D eigenvalue weighted by Crippen LogP contribution is -2.23. The van der Waals surface area contributed by atoms with E-state index in [0.717, 1.165) is 5.56 Å². The van der Waals surface area contributed by atoms with E-state index in [0.29, 0.717) is 0 Å². The summed E-state index contributed by atoms with van der Waals surface area (Å²) in [5.41, 5.74) is 0.766. The van der Waals surface area contributed by atoms with E-state index in [2.05, 4.69) is 5.32 Å². The number of nitrogens with one attached hydrogen (secondary N) is 1. The van der Waals surface area contributed by atoms with Crippen LogP contribution >= 0.6 is 0 Å². The van der Waals surface area contributed by atoms with Gasteiger partial charge in [0, 0.05) is 6.92 Å². The van der Waals surface area contributed by atoms with Crippen molar-refractivity contribution in [3.8, 4) is 0 Å². The van der Waals surface area contributed by atoms with Crippen LogP contribution in [0.2, 0.25) is 0 Å². The molecule has 0 saturated carbocycles. The molecule has 5 nitrogen and oxygen atoms in total. The van der Waals surface area contributed by atoms with Crippen molar-refractivity contribution < 1.29 is 17.8 Å². The second-order valence-corrected chi connectivity index (χ2v) is 4.89. The molecule has 0 radical (unpaired) electrons. The van der Waals surface area contributed by atoms with Gasteiger partial charge in [-0.2, -0.15) is 8.42 Å². The molecule has 1 amide bonds. The van der Waals surface area contributed by atoms with E-state index in [1.807, 2.05) is 0 Å². The van der Waals surface area contributed by atoms with Gasteiger partial charge in [-0.1, -0.05) is 12.1 Å². The summed E-state index contributed by atoms with van der Waals surface area (Å²) < 4.78 is 30.3. The van der Waals surface area contributed by atoms with E-state index in [1.165, 1.54) is 19.1 Å². The minimum Gasteiger partial charge on any atom is -0.350 e. The number of rotatable bonds is 3. The number of benzene rings is 1. The van der Waals surface area contributed by atoms with E-state index in [4.69, 9.17) is 4.55 Å². The van der Waals surface area contributed by atoms with Crippen molar-refractivity contribution in [1.29, 1.82) is 0 Å². The van der Waals surface area contributed by atoms with Gasteiger partial charge in [0.15, 0.2) is 0 Å². The molecule has 0 heterocycles. The Balaban J connectivity index is 2.91. The van der Waals surface area contributed by atoms with E-state index >= 15 is 0 Å². The summed E-state index contributed by atoms with van der Waals surface area (Å²) in [5.74, 6) is -0.161. The number of amides is 1. The third kappa shape index (κ3) is 3.32. The molecule has 0 aliphatic carbocycles. The van der Waals surface area contributed by atoms with Crippen molar-refractivity contribution in [3.05, 3.63) is 29.8 Å². The third-order valence-electron chi connectivity index (χ3n) is 2.10. The Hall–Kier alpha value is -1.40. The minimum atomic E-state index is -4.16. The number of hydrogen-bond acceptors (Lipinski definition) is 3. The summed E-state index contributed by atoms with van der Waals surface area (Å²) >= 11 is 0. The van der Waals surface area contributed by atoms with Crippen LogP contribution in [0.25, 0.3) is 0 Å². The van der Waals surface area contributed by atoms with Crippen LogP contribution in [0, 0.1) is 0 Å². The zero-order valence-corrected chi connectivity index (χ0v) is 9.78. The Labute approximate surface area is 94.2 Å². The Morgan fingerprint density at radius 3 is 2.19 bits per heavy atom. The highest BCUT2D eigenvalue weighted by Crippen LogP contribution is 2.15. The molecule has 0 bridgehead atoms. The Morgan fingerprint density at radius 2 is 1.81 bits per heavy atom. The Morgan fingerprint density at radius 1 is 1.31 bits per heavy atom. The summed E-state index contributed by atoms with van der Waals surface area (Å²) in [5, 5.41) is 2.67. The minimum absolute atomic E-state index is 0.161. The molecule has 2 N–H and O–H groups in total. The zero-order chi connectivity index (χ0) is 12.3. The lowest BCUT2D eigenvalue weighted by Gasteiger charge is -2.12. The maximum Gasteiger partial charge on any atom is 0.294 e. The van der Waals surface area contributed by atoms with Crippen LogP contribution in [0.1, 0.15) is 25.5 Å². The van der Waals surface area contributed by atoms with Gasteiger partial charge in [-0.05, 0) is 24.6 Å². The average molecular weight is 243 g/mol. The smallest absolute Gasteiger partial charge is 0.294 e. The van der Waals surface area contributed by atoms with Crippen molar-refractivity contribution in [2.75, 3.05) is 0 Å². The van der Waals surface area contributed by atoms with Crippen molar-refractivity contribution in [2.45, 2.75) is 24.8 Å². The van der Waals surface area contributed by atoms with Gasteiger partial charge in [0.05, 0.1) is 10.9 Å². The van der Waals surface area contributed by atoms with Crippen LogP contribution in [-0.2, 0) is 14.9 Å². The first-order valence-corrected chi connectivity index (χ1v) is 6.09. The van der Waals surface area contributed by atoms with Crippen LogP contribution in [0.4, 0.5) is 0 Å². The number of carbonyl (C=O) groups excluding carboxylic acids is 1. The maximum absolute atomic E-state index is 10.8. The maximum atomic E-state index is 10.8. The molecule has 1 aromatic rings. The fourth-order valence-electron chi connectivity index (χ4n) is 1.32. The van der Waals surface area contributed by atoms with Gasteiger partial charge in [0.1, 0.15) is 0 Å². The predicted octanol–water partition coefficient (Wildman–Crippen LogP) is 1.13. The molecule has 1 unspecified atom stereocenters. The Bertz CT molecular complexity index is 478. The van der Waals surface area contributed by atoms with Gasteiger partial charge in [0.25, 0.3) is 10.1 Å². The van der Waals surface area contributed by atoms with E-state index in [9.17, 15) is 13.2 Å². The summed E-state index contributed by atoms with van der Waals surface area (Å²) in [6.45, 7) is 3.19. The Kier molecular flexibility index (Phi) is 3.66. The van der Waals surface area contributed by atoms with Crippen LogP contribution in [0.15, 0.2) is 29.2 Å². The third-order valence-corrected chi connectivity index (χ3v) is 2.97. The van der Waals surface area contributed by atoms with E-state index in [-0.39, 0.29) is 16.8 Å². The van der Waals surface area contributed by atoms with E-state index < -0.39 is 10.1 Å². The molecule has 88 valence electrons. The highest BCUT2D eigenvalue weighted by Gasteiger charge is 2.11. The highest BCUT2D eigenvalue weighted by molar-refractivity contribution is 7.85. The molecule has 0 fully saturated rings. The second-order valence-electron chi connectivity index (χ2n) is 3.47. The first kappa shape index (κ1) is 12.7. The normalized spacial score (nSPS) is 13.2. The van der Waals surface area contributed by atoms with Gasteiger partial charge in [-0.15, -0.1) is 0 Å². The van der Waals surface area contributed by atoms with E-state index in [1.54, 1.807) is 19.1 Å². The second kappa shape index (κ2) is 4.63. The molecule has 16 heavy (non-hydrogen) atoms. The quantitative estimate of drug-likeness (QED) is 0.779. The van der Waals surface area contributed by atoms with Crippen molar-refractivity contribution in [3.63, 3.8) is 0 Å². The molecular weight excluding hydrogens is 230 g/mol. The average Bonchev–Trinajstić information content (AvgIpc) is 2.15. The fraction of sp³-hybridized carbons (Fsp3) is 0.300. The van der Waals surface area contributed by atoms with Crippen LogP contribution in [-0.4, -0.2) is 18.9 Å². The van der Waals surface area contributed by atoms with Crippen LogP contribution in [0.5, 0.6) is 0 Å². The summed E-state index contributed by atoms with van der Waals surface area (Å²) in [4.78, 5) is 10.6. The topological polar surface area (TPSA) is 83.5 Å². The number of carbonyl (C=O) groups is 1. The van der Waals surface area contributed by atoms with Gasteiger partial charge < -0.3 is 5.32 Å². The van der Waals surface area contributed by atoms with Crippen molar-refractivity contribution in [2.24, 2.45) is 0 Å². The van der Waals surface area contributed by atoms with Crippen molar-refractivity contribution in [1.82, 2.24) is 5.32 Å². The molecule has 1 rings (SSSR count). The van der Waals surface area contributed by atoms with Crippen LogP contribution < -0.4 is 5.32 Å². The van der Waals surface area contributed by atoms with Gasteiger partial charge in [-0.25, -0.2) is 0 Å². The van der Waals surface area contributed by atoms with Crippen molar-refractivity contribution >= 4 is 16.0 Å². The predicted molar refractivity (Wildman–Crippen MR) is 58.5 cm³/mol. The lowest BCUT2D eigenvalue weighted by molar-refractivity contribution is -0.119. The van der Waals surface area contributed by atoms with Gasteiger partial charge in [-0.3, -0.25) is 9.35 Å². The standard InChI is InChI=1S/C10H13NO4S/c1-7(11-8(2)12)9-3-5-10(6-4-9)16(13,14)15/h3-7H,1-2H3,(H,11,12)(H,13,14,15). The highest BCUT2D eigenvalue weighted by atomic mass is 32.2. The molecule has 0 aliphatic heterocycles. The molecule has 1 atom stereocenters.